The molecule has 1 aliphatic carbocycles. The molecule has 6 nitrogen and oxygen atoms in total. The number of nitrogens with zero attached hydrogens (tertiary/aromatic N) is 3. The largest absolute Gasteiger partial charge is 0.322 e. The Bertz CT molecular complexity index is 1370. The van der Waals surface area contributed by atoms with Gasteiger partial charge in [0.1, 0.15) is 10.9 Å². The predicted molar refractivity (Wildman–Crippen MR) is 152 cm³/mol. The molecule has 2 aromatic carbocycles. The number of nitrogens with one attached hydrogen (secondary N) is 1. The van der Waals surface area contributed by atoms with Crippen LogP contribution in [0, 0.1) is 17.3 Å². The van der Waals surface area contributed by atoms with Gasteiger partial charge in [0.25, 0.3) is 11.8 Å². The predicted octanol–water partition coefficient (Wildman–Crippen LogP) is 6.89. The molecule has 0 radical (unpaired) electrons. The number of hydrogen-bond acceptors (Lipinski definition) is 5. The SMILES string of the molecule is CC1=NN(c2ccccc2)C(=O)[C@H]1C=Nc1sc2c(c1C(=O)Nc1ccccc1)CC[C@@H](C(C)(C)C)C2. The van der Waals surface area contributed by atoms with Crippen molar-refractivity contribution < 1.29 is 9.59 Å². The van der Waals surface area contributed by atoms with Gasteiger partial charge in [-0.25, -0.2) is 4.99 Å². The quantitative estimate of drug-likeness (QED) is 0.378. The van der Waals surface area contributed by atoms with Crippen molar-refractivity contribution in [3.63, 3.8) is 0 Å². The molecule has 0 spiro atoms. The van der Waals surface area contributed by atoms with Gasteiger partial charge in [-0.15, -0.1) is 11.3 Å². The maximum atomic E-state index is 13.5. The first-order valence-corrected chi connectivity index (χ1v) is 13.5. The zero-order valence-corrected chi connectivity index (χ0v) is 22.5. The summed E-state index contributed by atoms with van der Waals surface area (Å²) in [6, 6.07) is 18.9. The number of anilines is 2. The van der Waals surface area contributed by atoms with Crippen LogP contribution in [0.5, 0.6) is 0 Å². The van der Waals surface area contributed by atoms with Gasteiger partial charge >= 0.3 is 0 Å². The summed E-state index contributed by atoms with van der Waals surface area (Å²) in [5.74, 6) is -0.312. The molecule has 0 unspecified atom stereocenters. The molecule has 1 aliphatic heterocycles. The number of amides is 2. The number of carbonyl (C=O) groups excluding carboxylic acids is 2. The van der Waals surface area contributed by atoms with Crippen LogP contribution in [0.15, 0.2) is 70.8 Å². The smallest absolute Gasteiger partial charge is 0.261 e. The Balaban J connectivity index is 1.46. The number of thiophene rings is 1. The molecule has 7 heteroatoms. The lowest BCUT2D eigenvalue weighted by atomic mass is 9.72. The summed E-state index contributed by atoms with van der Waals surface area (Å²) in [6.45, 7) is 8.69. The lowest BCUT2D eigenvalue weighted by Crippen LogP contribution is -2.27. The fourth-order valence-corrected chi connectivity index (χ4v) is 6.28. The van der Waals surface area contributed by atoms with Crippen molar-refractivity contribution in [2.75, 3.05) is 10.3 Å². The number of rotatable bonds is 5. The molecule has 5 rings (SSSR count). The van der Waals surface area contributed by atoms with Crippen molar-refractivity contribution in [1.82, 2.24) is 0 Å². The van der Waals surface area contributed by atoms with Crippen molar-refractivity contribution in [1.29, 1.82) is 0 Å². The van der Waals surface area contributed by atoms with E-state index in [1.165, 1.54) is 9.89 Å². The van der Waals surface area contributed by atoms with Crippen LogP contribution in [0.4, 0.5) is 16.4 Å². The summed E-state index contributed by atoms with van der Waals surface area (Å²) in [6.07, 6.45) is 4.49. The van der Waals surface area contributed by atoms with Gasteiger partial charge in [0, 0.05) is 16.8 Å². The normalized spacial score (nSPS) is 19.7. The summed E-state index contributed by atoms with van der Waals surface area (Å²) in [7, 11) is 0. The standard InChI is InChI=1S/C30H32N4O2S/c1-19-24(29(36)34(33-19)22-13-9-6-10-14-22)18-31-28-26(27(35)32-21-11-7-5-8-12-21)23-16-15-20(30(2,3)4)17-25(23)37-28/h5-14,18,20,24H,15-17H2,1-4H3,(H,32,35)/t20-,24+/m1/s1. The van der Waals surface area contributed by atoms with Gasteiger partial charge in [-0.05, 0) is 67.3 Å². The molecule has 2 heterocycles. The van der Waals surface area contributed by atoms with E-state index in [1.54, 1.807) is 17.6 Å². The highest BCUT2D eigenvalue weighted by Crippen LogP contribution is 2.45. The van der Waals surface area contributed by atoms with Crippen molar-refractivity contribution >= 4 is 51.5 Å². The lowest BCUT2D eigenvalue weighted by molar-refractivity contribution is -0.118. The fraction of sp³-hybridized carbons (Fsp3) is 0.333. The van der Waals surface area contributed by atoms with E-state index < -0.39 is 5.92 Å². The van der Waals surface area contributed by atoms with Gasteiger partial charge < -0.3 is 5.32 Å². The molecule has 190 valence electrons. The van der Waals surface area contributed by atoms with Gasteiger partial charge in [-0.1, -0.05) is 57.2 Å². The Morgan fingerprint density at radius 3 is 2.46 bits per heavy atom. The molecule has 2 amide bonds. The molecule has 0 saturated carbocycles. The monoisotopic (exact) mass is 512 g/mol. The maximum absolute atomic E-state index is 13.5. The number of carbonyl (C=O) groups is 2. The number of para-hydroxylation sites is 2. The Hall–Kier alpha value is -3.58. The average molecular weight is 513 g/mol. The van der Waals surface area contributed by atoms with Crippen molar-refractivity contribution in [3.8, 4) is 0 Å². The van der Waals surface area contributed by atoms with E-state index in [1.807, 2.05) is 67.6 Å². The first kappa shape index (κ1) is 25.1. The Kier molecular flexibility index (Phi) is 6.82. The first-order valence-electron chi connectivity index (χ1n) is 12.7. The third-order valence-electron chi connectivity index (χ3n) is 7.25. The van der Waals surface area contributed by atoms with Crippen LogP contribution in [-0.4, -0.2) is 23.7 Å². The number of fused-ring (bicyclic) bond motifs is 1. The van der Waals surface area contributed by atoms with Crippen molar-refractivity contribution in [2.45, 2.75) is 47.0 Å². The zero-order valence-electron chi connectivity index (χ0n) is 21.7. The Labute approximate surface area is 222 Å². The van der Waals surface area contributed by atoms with E-state index in [9.17, 15) is 9.59 Å². The topological polar surface area (TPSA) is 74.1 Å². The molecular formula is C30H32N4O2S. The minimum absolute atomic E-state index is 0.142. The Morgan fingerprint density at radius 2 is 1.78 bits per heavy atom. The number of hydrogen-bond donors (Lipinski definition) is 1. The number of benzene rings is 2. The average Bonchev–Trinajstić information content (AvgIpc) is 3.39. The molecule has 37 heavy (non-hydrogen) atoms. The van der Waals surface area contributed by atoms with Crippen LogP contribution in [0.1, 0.15) is 54.9 Å². The van der Waals surface area contributed by atoms with Gasteiger partial charge in [0.05, 0.1) is 17.0 Å². The number of hydrazone groups is 1. The third-order valence-corrected chi connectivity index (χ3v) is 8.42. The highest BCUT2D eigenvalue weighted by Gasteiger charge is 2.35. The van der Waals surface area contributed by atoms with Crippen molar-refractivity contribution in [2.24, 2.45) is 27.3 Å². The van der Waals surface area contributed by atoms with E-state index in [-0.39, 0.29) is 17.2 Å². The highest BCUT2D eigenvalue weighted by atomic mass is 32.1. The van der Waals surface area contributed by atoms with E-state index >= 15 is 0 Å². The second-order valence-electron chi connectivity index (χ2n) is 10.8. The van der Waals surface area contributed by atoms with E-state index in [0.29, 0.717) is 22.2 Å². The first-order chi connectivity index (χ1) is 17.7. The third kappa shape index (κ3) is 5.14. The van der Waals surface area contributed by atoms with Gasteiger partial charge in [0.15, 0.2) is 0 Å². The maximum Gasteiger partial charge on any atom is 0.261 e. The summed E-state index contributed by atoms with van der Waals surface area (Å²) in [5.41, 5.74) is 4.08. The van der Waals surface area contributed by atoms with Crippen LogP contribution < -0.4 is 10.3 Å². The minimum Gasteiger partial charge on any atom is -0.322 e. The molecule has 0 bridgehead atoms. The minimum atomic E-state index is -0.563. The molecule has 3 aromatic rings. The molecular weight excluding hydrogens is 480 g/mol. The Morgan fingerprint density at radius 1 is 1.11 bits per heavy atom. The molecule has 1 aromatic heterocycles. The number of aliphatic imine (C=N–C) groups is 1. The van der Waals surface area contributed by atoms with Crippen molar-refractivity contribution in [3.05, 3.63) is 76.7 Å². The van der Waals surface area contributed by atoms with E-state index in [4.69, 9.17) is 4.99 Å². The van der Waals surface area contributed by atoms with E-state index in [2.05, 4.69) is 31.2 Å². The zero-order chi connectivity index (χ0) is 26.2. The van der Waals surface area contributed by atoms with Crippen LogP contribution in [0.25, 0.3) is 0 Å². The van der Waals surface area contributed by atoms with Gasteiger partial charge in [0.2, 0.25) is 0 Å². The van der Waals surface area contributed by atoms with E-state index in [0.717, 1.165) is 36.2 Å². The second-order valence-corrected chi connectivity index (χ2v) is 11.9. The summed E-state index contributed by atoms with van der Waals surface area (Å²) in [4.78, 5) is 32.7. The molecule has 1 N–H and O–H groups in total. The molecule has 2 aliphatic rings. The molecule has 0 saturated heterocycles. The summed E-state index contributed by atoms with van der Waals surface area (Å²) >= 11 is 1.58. The summed E-state index contributed by atoms with van der Waals surface area (Å²) in [5, 5.41) is 9.62. The van der Waals surface area contributed by atoms with Gasteiger partial charge in [-0.3, -0.25) is 9.59 Å². The second kappa shape index (κ2) is 10.1. The van der Waals surface area contributed by atoms with Crippen LogP contribution >= 0.6 is 11.3 Å². The fourth-order valence-electron chi connectivity index (χ4n) is 5.00. The summed E-state index contributed by atoms with van der Waals surface area (Å²) < 4.78 is 0. The highest BCUT2D eigenvalue weighted by molar-refractivity contribution is 7.16. The lowest BCUT2D eigenvalue weighted by Gasteiger charge is -2.33. The molecule has 0 fully saturated rings. The van der Waals surface area contributed by atoms with Crippen LogP contribution in [0.2, 0.25) is 0 Å². The van der Waals surface area contributed by atoms with Gasteiger partial charge in [-0.2, -0.15) is 10.1 Å². The molecule has 2 atom stereocenters. The van der Waals surface area contributed by atoms with Crippen LogP contribution in [0.3, 0.4) is 0 Å². The van der Waals surface area contributed by atoms with Crippen LogP contribution in [-0.2, 0) is 17.6 Å².